The first-order valence-corrected chi connectivity index (χ1v) is 6.81. The maximum atomic E-state index is 12.8. The molecule has 1 atom stereocenters. The van der Waals surface area contributed by atoms with Crippen LogP contribution in [0.5, 0.6) is 0 Å². The number of hydrogen-bond acceptors (Lipinski definition) is 3. The first-order valence-electron chi connectivity index (χ1n) is 5.13. The number of rotatable bonds is 4. The maximum Gasteiger partial charge on any atom is 0.123 e. The third-order valence-corrected chi connectivity index (χ3v) is 4.22. The molecular weight excluding hydrogens is 303 g/mol. The lowest BCUT2D eigenvalue weighted by molar-refractivity contribution is 0.553. The lowest BCUT2D eigenvalue weighted by atomic mass is 10.0. The SMILES string of the molecule is NNC(Cc1cc(Br)cs1)c1ccc(F)cc1. The largest absolute Gasteiger partial charge is 0.271 e. The molecule has 0 saturated carbocycles. The van der Waals surface area contributed by atoms with Crippen molar-refractivity contribution < 1.29 is 4.39 Å². The molecule has 0 amide bonds. The molecule has 1 aromatic carbocycles. The number of nitrogens with one attached hydrogen (secondary N) is 1. The van der Waals surface area contributed by atoms with Crippen molar-refractivity contribution in [3.63, 3.8) is 0 Å². The summed E-state index contributed by atoms with van der Waals surface area (Å²) in [5, 5.41) is 2.04. The zero-order valence-corrected chi connectivity index (χ0v) is 11.4. The molecule has 90 valence electrons. The standard InChI is InChI=1S/C12H12BrFN2S/c13-9-5-11(17-7-9)6-12(16-15)8-1-3-10(14)4-2-8/h1-5,7,12,16H,6,15H2. The first-order chi connectivity index (χ1) is 8.19. The van der Waals surface area contributed by atoms with E-state index in [4.69, 9.17) is 5.84 Å². The molecule has 1 unspecified atom stereocenters. The summed E-state index contributed by atoms with van der Waals surface area (Å²) < 4.78 is 13.9. The van der Waals surface area contributed by atoms with Crippen molar-refractivity contribution in [3.8, 4) is 0 Å². The Morgan fingerprint density at radius 3 is 2.59 bits per heavy atom. The average Bonchev–Trinajstić information content (AvgIpc) is 2.73. The van der Waals surface area contributed by atoms with Crippen LogP contribution in [0.4, 0.5) is 4.39 Å². The van der Waals surface area contributed by atoms with E-state index in [2.05, 4.69) is 27.4 Å². The molecule has 0 aliphatic rings. The molecule has 2 rings (SSSR count). The van der Waals surface area contributed by atoms with Gasteiger partial charge >= 0.3 is 0 Å². The third-order valence-electron chi connectivity index (χ3n) is 2.50. The van der Waals surface area contributed by atoms with Crippen LogP contribution in [0, 0.1) is 5.82 Å². The summed E-state index contributed by atoms with van der Waals surface area (Å²) >= 11 is 5.09. The molecule has 0 radical (unpaired) electrons. The van der Waals surface area contributed by atoms with Gasteiger partial charge in [0.15, 0.2) is 0 Å². The summed E-state index contributed by atoms with van der Waals surface area (Å²) in [4.78, 5) is 1.23. The Morgan fingerprint density at radius 1 is 1.35 bits per heavy atom. The van der Waals surface area contributed by atoms with E-state index in [-0.39, 0.29) is 11.9 Å². The Labute approximate surface area is 112 Å². The minimum absolute atomic E-state index is 0.00106. The minimum atomic E-state index is -0.233. The zero-order chi connectivity index (χ0) is 12.3. The van der Waals surface area contributed by atoms with E-state index in [1.807, 2.05) is 5.38 Å². The fourth-order valence-corrected chi connectivity index (χ4v) is 3.13. The van der Waals surface area contributed by atoms with Crippen molar-refractivity contribution in [1.29, 1.82) is 0 Å². The number of hydrazine groups is 1. The Morgan fingerprint density at radius 2 is 2.06 bits per heavy atom. The van der Waals surface area contributed by atoms with Crippen molar-refractivity contribution in [1.82, 2.24) is 5.43 Å². The van der Waals surface area contributed by atoms with Crippen LogP contribution >= 0.6 is 27.3 Å². The molecular formula is C12H12BrFN2S. The van der Waals surface area contributed by atoms with Gasteiger partial charge in [-0.3, -0.25) is 11.3 Å². The van der Waals surface area contributed by atoms with E-state index in [9.17, 15) is 4.39 Å². The third kappa shape index (κ3) is 3.35. The van der Waals surface area contributed by atoms with E-state index in [1.165, 1.54) is 17.0 Å². The molecule has 2 aromatic rings. The number of hydrogen-bond donors (Lipinski definition) is 2. The van der Waals surface area contributed by atoms with Gasteiger partial charge in [0.2, 0.25) is 0 Å². The summed E-state index contributed by atoms with van der Waals surface area (Å²) in [6.07, 6.45) is 0.790. The number of halogens is 2. The van der Waals surface area contributed by atoms with Gasteiger partial charge in [0.05, 0.1) is 6.04 Å². The second-order valence-electron chi connectivity index (χ2n) is 3.71. The van der Waals surface area contributed by atoms with Crippen LogP contribution in [0.1, 0.15) is 16.5 Å². The van der Waals surface area contributed by atoms with Crippen LogP contribution in [0.25, 0.3) is 0 Å². The minimum Gasteiger partial charge on any atom is -0.271 e. The van der Waals surface area contributed by atoms with E-state index in [1.54, 1.807) is 23.5 Å². The molecule has 0 aliphatic heterocycles. The summed E-state index contributed by atoms with van der Waals surface area (Å²) in [6.45, 7) is 0. The van der Waals surface area contributed by atoms with Gasteiger partial charge in [-0.1, -0.05) is 12.1 Å². The van der Waals surface area contributed by atoms with Gasteiger partial charge in [0.25, 0.3) is 0 Å². The number of benzene rings is 1. The lowest BCUT2D eigenvalue weighted by Gasteiger charge is -2.15. The van der Waals surface area contributed by atoms with Crippen LogP contribution in [-0.2, 0) is 6.42 Å². The molecule has 0 spiro atoms. The molecule has 0 fully saturated rings. The van der Waals surface area contributed by atoms with Crippen LogP contribution in [0.2, 0.25) is 0 Å². The Balaban J connectivity index is 2.13. The molecule has 5 heteroatoms. The topological polar surface area (TPSA) is 38.0 Å². The van der Waals surface area contributed by atoms with Crippen molar-refractivity contribution >= 4 is 27.3 Å². The molecule has 0 saturated heterocycles. The van der Waals surface area contributed by atoms with Gasteiger partial charge in [-0.25, -0.2) is 4.39 Å². The predicted molar refractivity (Wildman–Crippen MR) is 72.2 cm³/mol. The smallest absolute Gasteiger partial charge is 0.123 e. The Bertz CT molecular complexity index is 484. The monoisotopic (exact) mass is 314 g/mol. The van der Waals surface area contributed by atoms with Gasteiger partial charge in [-0.2, -0.15) is 0 Å². The quantitative estimate of drug-likeness (QED) is 0.670. The van der Waals surface area contributed by atoms with Crippen LogP contribution < -0.4 is 11.3 Å². The molecule has 17 heavy (non-hydrogen) atoms. The fourth-order valence-electron chi connectivity index (χ4n) is 1.63. The number of nitrogens with two attached hydrogens (primary N) is 1. The molecule has 3 N–H and O–H groups in total. The van der Waals surface area contributed by atoms with Crippen LogP contribution in [0.15, 0.2) is 40.2 Å². The number of thiophene rings is 1. The second-order valence-corrected chi connectivity index (χ2v) is 5.62. The van der Waals surface area contributed by atoms with E-state index in [0.29, 0.717) is 0 Å². The highest BCUT2D eigenvalue weighted by molar-refractivity contribution is 9.10. The average molecular weight is 315 g/mol. The molecule has 1 heterocycles. The van der Waals surface area contributed by atoms with Crippen molar-refractivity contribution in [2.75, 3.05) is 0 Å². The summed E-state index contributed by atoms with van der Waals surface area (Å²) in [5.41, 5.74) is 3.75. The van der Waals surface area contributed by atoms with Crippen molar-refractivity contribution in [2.24, 2.45) is 5.84 Å². The van der Waals surface area contributed by atoms with Gasteiger partial charge in [-0.05, 0) is 39.7 Å². The van der Waals surface area contributed by atoms with Gasteiger partial charge in [-0.15, -0.1) is 11.3 Å². The molecule has 1 aromatic heterocycles. The van der Waals surface area contributed by atoms with E-state index in [0.717, 1.165) is 16.5 Å². The summed E-state index contributed by atoms with van der Waals surface area (Å²) in [7, 11) is 0. The normalized spacial score (nSPS) is 12.6. The van der Waals surface area contributed by atoms with Crippen molar-refractivity contribution in [2.45, 2.75) is 12.5 Å². The van der Waals surface area contributed by atoms with Crippen molar-refractivity contribution in [3.05, 3.63) is 56.4 Å². The highest BCUT2D eigenvalue weighted by Crippen LogP contribution is 2.25. The molecule has 0 bridgehead atoms. The lowest BCUT2D eigenvalue weighted by Crippen LogP contribution is -2.29. The maximum absolute atomic E-state index is 12.8. The Kier molecular flexibility index (Phi) is 4.28. The van der Waals surface area contributed by atoms with E-state index < -0.39 is 0 Å². The van der Waals surface area contributed by atoms with Crippen LogP contribution in [0.3, 0.4) is 0 Å². The molecule has 2 nitrogen and oxygen atoms in total. The highest BCUT2D eigenvalue weighted by atomic mass is 79.9. The fraction of sp³-hybridized carbons (Fsp3) is 0.167. The van der Waals surface area contributed by atoms with Crippen LogP contribution in [-0.4, -0.2) is 0 Å². The van der Waals surface area contributed by atoms with Gasteiger partial charge in [0.1, 0.15) is 5.82 Å². The van der Waals surface area contributed by atoms with Gasteiger partial charge in [0, 0.05) is 21.2 Å². The summed E-state index contributed by atoms with van der Waals surface area (Å²) in [6, 6.07) is 8.47. The van der Waals surface area contributed by atoms with E-state index >= 15 is 0 Å². The summed E-state index contributed by atoms with van der Waals surface area (Å²) in [5.74, 6) is 5.31. The molecule has 0 aliphatic carbocycles. The van der Waals surface area contributed by atoms with Gasteiger partial charge < -0.3 is 0 Å². The predicted octanol–water partition coefficient (Wildman–Crippen LogP) is 3.40. The first kappa shape index (κ1) is 12.7. The Hall–Kier alpha value is -0.750. The zero-order valence-electron chi connectivity index (χ0n) is 8.99. The second kappa shape index (κ2) is 5.73. The highest BCUT2D eigenvalue weighted by Gasteiger charge is 2.11.